The molecule has 0 spiro atoms. The number of anilines is 1. The molecular formula is C16H20ClN3O2S. The number of nitriles is 1. The summed E-state index contributed by atoms with van der Waals surface area (Å²) < 4.78 is 11.0. The van der Waals surface area contributed by atoms with Gasteiger partial charge in [-0.15, -0.1) is 0 Å². The first kappa shape index (κ1) is 17.8. The number of benzene rings is 1. The molecule has 0 bridgehead atoms. The van der Waals surface area contributed by atoms with Gasteiger partial charge in [-0.2, -0.15) is 5.26 Å². The molecule has 1 atom stereocenters. The molecule has 0 amide bonds. The van der Waals surface area contributed by atoms with E-state index in [0.717, 1.165) is 19.4 Å². The highest BCUT2D eigenvalue weighted by atomic mass is 35.5. The Hall–Kier alpha value is -1.55. The summed E-state index contributed by atoms with van der Waals surface area (Å²) in [5, 5.41) is 13.2. The van der Waals surface area contributed by atoms with Crippen molar-refractivity contribution in [1.29, 1.82) is 5.26 Å². The van der Waals surface area contributed by atoms with E-state index in [-0.39, 0.29) is 6.10 Å². The molecule has 23 heavy (non-hydrogen) atoms. The van der Waals surface area contributed by atoms with Crippen LogP contribution >= 0.6 is 23.8 Å². The quantitative estimate of drug-likeness (QED) is 0.790. The fourth-order valence-electron chi connectivity index (χ4n) is 2.47. The molecule has 2 rings (SSSR count). The minimum atomic E-state index is 0.162. The minimum absolute atomic E-state index is 0.162. The Morgan fingerprint density at radius 1 is 1.61 bits per heavy atom. The number of thiocarbonyl (C=S) groups is 1. The Morgan fingerprint density at radius 3 is 3.09 bits per heavy atom. The van der Waals surface area contributed by atoms with Gasteiger partial charge in [0.25, 0.3) is 0 Å². The third-order valence-corrected chi connectivity index (χ3v) is 4.23. The molecular weight excluding hydrogens is 334 g/mol. The normalized spacial score (nSPS) is 16.7. The van der Waals surface area contributed by atoms with Crippen LogP contribution in [0.15, 0.2) is 18.2 Å². The van der Waals surface area contributed by atoms with E-state index in [1.54, 1.807) is 25.3 Å². The summed E-state index contributed by atoms with van der Waals surface area (Å²) in [5.74, 6) is 0.661. The Bertz CT molecular complexity index is 585. The second-order valence-corrected chi connectivity index (χ2v) is 6.09. The van der Waals surface area contributed by atoms with Gasteiger partial charge in [-0.1, -0.05) is 11.6 Å². The summed E-state index contributed by atoms with van der Waals surface area (Å²) in [6, 6.07) is 7.47. The van der Waals surface area contributed by atoms with Crippen LogP contribution in [-0.2, 0) is 4.74 Å². The zero-order valence-electron chi connectivity index (χ0n) is 13.0. The van der Waals surface area contributed by atoms with Crippen LogP contribution in [-0.4, -0.2) is 42.9 Å². The van der Waals surface area contributed by atoms with Crippen molar-refractivity contribution in [1.82, 2.24) is 4.90 Å². The van der Waals surface area contributed by atoms with E-state index in [0.29, 0.717) is 41.1 Å². The second-order valence-electron chi connectivity index (χ2n) is 5.26. The SMILES string of the molecule is COc1ccc(Cl)cc1NC(=S)N(CCC#N)CC1CCCO1. The average Bonchev–Trinajstić information content (AvgIpc) is 3.04. The third kappa shape index (κ3) is 5.24. The highest BCUT2D eigenvalue weighted by molar-refractivity contribution is 7.80. The van der Waals surface area contributed by atoms with Crippen molar-refractivity contribution in [3.8, 4) is 11.8 Å². The summed E-state index contributed by atoms with van der Waals surface area (Å²) in [6.07, 6.45) is 2.65. The molecule has 0 aromatic heterocycles. The van der Waals surface area contributed by atoms with Crippen LogP contribution in [0.25, 0.3) is 0 Å². The second kappa shape index (κ2) is 8.92. The predicted octanol–water partition coefficient (Wildman–Crippen LogP) is 3.44. The highest BCUT2D eigenvalue weighted by Crippen LogP contribution is 2.28. The Balaban J connectivity index is 2.07. The molecule has 1 saturated heterocycles. The molecule has 1 aliphatic heterocycles. The number of halogens is 1. The van der Waals surface area contributed by atoms with Gasteiger partial charge in [0.1, 0.15) is 5.75 Å². The van der Waals surface area contributed by atoms with E-state index < -0.39 is 0 Å². The number of rotatable bonds is 6. The summed E-state index contributed by atoms with van der Waals surface area (Å²) >= 11 is 11.5. The first-order valence-corrected chi connectivity index (χ1v) is 8.30. The summed E-state index contributed by atoms with van der Waals surface area (Å²) in [7, 11) is 1.59. The Labute approximate surface area is 147 Å². The molecule has 1 fully saturated rings. The summed E-state index contributed by atoms with van der Waals surface area (Å²) in [4.78, 5) is 1.97. The van der Waals surface area contributed by atoms with Gasteiger partial charge < -0.3 is 19.7 Å². The zero-order chi connectivity index (χ0) is 16.7. The van der Waals surface area contributed by atoms with E-state index in [1.165, 1.54) is 0 Å². The lowest BCUT2D eigenvalue weighted by Crippen LogP contribution is -2.40. The standard InChI is InChI=1S/C16H20ClN3O2S/c1-21-15-6-5-12(17)10-14(15)19-16(23)20(8-3-7-18)11-13-4-2-9-22-13/h5-6,10,13H,2-4,8-9,11H2,1H3,(H,19,23). The Morgan fingerprint density at radius 2 is 2.43 bits per heavy atom. The van der Waals surface area contributed by atoms with E-state index in [2.05, 4.69) is 11.4 Å². The van der Waals surface area contributed by atoms with Gasteiger partial charge in [-0.25, -0.2) is 0 Å². The van der Waals surface area contributed by atoms with Crippen LogP contribution < -0.4 is 10.1 Å². The van der Waals surface area contributed by atoms with Gasteiger partial charge in [-0.05, 0) is 43.3 Å². The molecule has 124 valence electrons. The number of nitrogens with zero attached hydrogens (tertiary/aromatic N) is 2. The zero-order valence-corrected chi connectivity index (χ0v) is 14.6. The smallest absolute Gasteiger partial charge is 0.173 e. The Kier molecular flexibility index (Phi) is 6.90. The fourth-order valence-corrected chi connectivity index (χ4v) is 2.91. The maximum absolute atomic E-state index is 8.86. The van der Waals surface area contributed by atoms with Gasteiger partial charge in [0.15, 0.2) is 5.11 Å². The molecule has 1 aliphatic rings. The molecule has 0 saturated carbocycles. The van der Waals surface area contributed by atoms with Crippen molar-refractivity contribution in [3.63, 3.8) is 0 Å². The monoisotopic (exact) mass is 353 g/mol. The molecule has 1 unspecified atom stereocenters. The van der Waals surface area contributed by atoms with Crippen LogP contribution in [0.5, 0.6) is 5.75 Å². The maximum atomic E-state index is 8.86. The van der Waals surface area contributed by atoms with Crippen LogP contribution in [0, 0.1) is 11.3 Å². The van der Waals surface area contributed by atoms with Crippen LogP contribution in [0.1, 0.15) is 19.3 Å². The highest BCUT2D eigenvalue weighted by Gasteiger charge is 2.21. The largest absolute Gasteiger partial charge is 0.495 e. The lowest BCUT2D eigenvalue weighted by atomic mass is 10.2. The fraction of sp³-hybridized carbons (Fsp3) is 0.500. The van der Waals surface area contributed by atoms with Crippen LogP contribution in [0.3, 0.4) is 0 Å². The first-order valence-electron chi connectivity index (χ1n) is 7.52. The molecule has 1 aromatic carbocycles. The molecule has 0 radical (unpaired) electrons. The molecule has 7 heteroatoms. The van der Waals surface area contributed by atoms with E-state index in [4.69, 9.17) is 38.6 Å². The number of hydrogen-bond donors (Lipinski definition) is 1. The van der Waals surface area contributed by atoms with Gasteiger partial charge >= 0.3 is 0 Å². The van der Waals surface area contributed by atoms with E-state index in [1.807, 2.05) is 4.90 Å². The van der Waals surface area contributed by atoms with Crippen molar-refractivity contribution in [2.45, 2.75) is 25.4 Å². The molecule has 1 N–H and O–H groups in total. The van der Waals surface area contributed by atoms with Gasteiger partial charge in [-0.3, -0.25) is 0 Å². The average molecular weight is 354 g/mol. The van der Waals surface area contributed by atoms with Gasteiger partial charge in [0.05, 0.1) is 31.4 Å². The number of methoxy groups -OCH3 is 1. The van der Waals surface area contributed by atoms with Crippen molar-refractivity contribution >= 4 is 34.6 Å². The van der Waals surface area contributed by atoms with Crippen molar-refractivity contribution < 1.29 is 9.47 Å². The summed E-state index contributed by atoms with van der Waals surface area (Å²) in [6.45, 7) is 2.03. The van der Waals surface area contributed by atoms with E-state index in [9.17, 15) is 0 Å². The van der Waals surface area contributed by atoms with Crippen molar-refractivity contribution in [2.75, 3.05) is 32.1 Å². The summed E-state index contributed by atoms with van der Waals surface area (Å²) in [5.41, 5.74) is 0.708. The van der Waals surface area contributed by atoms with Crippen molar-refractivity contribution in [3.05, 3.63) is 23.2 Å². The number of nitrogens with one attached hydrogen (secondary N) is 1. The topological polar surface area (TPSA) is 57.5 Å². The predicted molar refractivity (Wildman–Crippen MR) is 95.0 cm³/mol. The maximum Gasteiger partial charge on any atom is 0.173 e. The van der Waals surface area contributed by atoms with Crippen LogP contribution in [0.2, 0.25) is 5.02 Å². The minimum Gasteiger partial charge on any atom is -0.495 e. The van der Waals surface area contributed by atoms with Gasteiger partial charge in [0.2, 0.25) is 0 Å². The van der Waals surface area contributed by atoms with Gasteiger partial charge in [0, 0.05) is 24.7 Å². The van der Waals surface area contributed by atoms with Crippen molar-refractivity contribution in [2.24, 2.45) is 0 Å². The first-order chi connectivity index (χ1) is 11.1. The lowest BCUT2D eigenvalue weighted by molar-refractivity contribution is 0.0922. The molecule has 5 nitrogen and oxygen atoms in total. The number of ether oxygens (including phenoxy) is 2. The number of hydrogen-bond acceptors (Lipinski definition) is 4. The van der Waals surface area contributed by atoms with E-state index >= 15 is 0 Å². The molecule has 0 aliphatic carbocycles. The molecule has 1 heterocycles. The lowest BCUT2D eigenvalue weighted by Gasteiger charge is -2.27. The third-order valence-electron chi connectivity index (χ3n) is 3.63. The molecule has 1 aromatic rings. The van der Waals surface area contributed by atoms with Crippen LogP contribution in [0.4, 0.5) is 5.69 Å².